The number of benzene rings is 2. The Balaban J connectivity index is 1.44. The number of amides is 2. The molecule has 2 amide bonds. The molecule has 0 aliphatic carbocycles. The first-order chi connectivity index (χ1) is 15.8. The molecular weight excluding hydrogens is 465 g/mol. The lowest BCUT2D eigenvalue weighted by atomic mass is 10.2. The number of halogens is 4. The molecule has 2 aromatic heterocycles. The van der Waals surface area contributed by atoms with Crippen molar-refractivity contribution in [3.05, 3.63) is 71.8 Å². The molecule has 0 bridgehead atoms. The van der Waals surface area contributed by atoms with Gasteiger partial charge in [0, 0.05) is 23.5 Å². The molecule has 4 aromatic rings. The summed E-state index contributed by atoms with van der Waals surface area (Å²) in [6.45, 7) is 0. The van der Waals surface area contributed by atoms with E-state index in [9.17, 15) is 18.0 Å². The number of nitrogens with one attached hydrogen (secondary N) is 2. The second-order valence-corrected chi connectivity index (χ2v) is 6.80. The Kier molecular flexibility index (Phi) is 6.09. The number of carbonyl (C=O) groups excluding carboxylic acids is 1. The van der Waals surface area contributed by atoms with E-state index in [0.29, 0.717) is 17.1 Å². The van der Waals surface area contributed by atoms with Crippen LogP contribution >= 0.6 is 11.6 Å². The Morgan fingerprint density at radius 1 is 1.00 bits per heavy atom. The number of anilines is 2. The maximum Gasteiger partial charge on any atom is 0.417 e. The van der Waals surface area contributed by atoms with Crippen molar-refractivity contribution in [1.29, 1.82) is 0 Å². The minimum atomic E-state index is -4.65. The van der Waals surface area contributed by atoms with Gasteiger partial charge in [0.05, 0.1) is 10.6 Å². The van der Waals surface area contributed by atoms with Gasteiger partial charge in [0.2, 0.25) is 18.1 Å². The highest BCUT2D eigenvalue weighted by atomic mass is 35.5. The zero-order valence-corrected chi connectivity index (χ0v) is 17.1. The van der Waals surface area contributed by atoms with Crippen molar-refractivity contribution in [1.82, 2.24) is 20.1 Å². The van der Waals surface area contributed by atoms with E-state index in [0.717, 1.165) is 18.5 Å². The zero-order chi connectivity index (χ0) is 23.4. The Hall–Kier alpha value is -4.19. The first kappa shape index (κ1) is 22.0. The highest BCUT2D eigenvalue weighted by Crippen LogP contribution is 2.36. The van der Waals surface area contributed by atoms with Crippen LogP contribution in [0.4, 0.5) is 29.3 Å². The Labute approximate surface area is 188 Å². The van der Waals surface area contributed by atoms with E-state index in [1.165, 1.54) is 24.5 Å². The average Bonchev–Trinajstić information content (AvgIpc) is 3.30. The van der Waals surface area contributed by atoms with E-state index < -0.39 is 22.8 Å². The minimum absolute atomic E-state index is 0.0772. The average molecular weight is 477 g/mol. The SMILES string of the molecule is O=C(Nc1cccc(Oc2cc(-c3ncon3)ncn2)c1)Nc1ccc(Cl)c(C(F)(F)F)c1. The smallest absolute Gasteiger partial charge is 0.417 e. The third-order valence-corrected chi connectivity index (χ3v) is 4.41. The molecule has 0 saturated carbocycles. The lowest BCUT2D eigenvalue weighted by Gasteiger charge is -2.13. The molecule has 2 aromatic carbocycles. The molecule has 4 rings (SSSR count). The van der Waals surface area contributed by atoms with Gasteiger partial charge in [0.15, 0.2) is 0 Å². The van der Waals surface area contributed by atoms with Gasteiger partial charge in [-0.15, -0.1) is 0 Å². The normalized spacial score (nSPS) is 11.2. The molecule has 2 N–H and O–H groups in total. The summed E-state index contributed by atoms with van der Waals surface area (Å²) in [5.74, 6) is 0.772. The van der Waals surface area contributed by atoms with Crippen LogP contribution in [0.15, 0.2) is 65.8 Å². The number of hydrogen-bond acceptors (Lipinski definition) is 7. The maximum absolute atomic E-state index is 13.0. The number of carbonyl (C=O) groups is 1. The van der Waals surface area contributed by atoms with Crippen molar-refractivity contribution in [3.63, 3.8) is 0 Å². The summed E-state index contributed by atoms with van der Waals surface area (Å²) in [5, 5.41) is 8.06. The fourth-order valence-corrected chi connectivity index (χ4v) is 2.90. The Morgan fingerprint density at radius 2 is 1.79 bits per heavy atom. The number of hydrogen-bond donors (Lipinski definition) is 2. The van der Waals surface area contributed by atoms with Crippen LogP contribution in [0.5, 0.6) is 11.6 Å². The number of alkyl halides is 3. The topological polar surface area (TPSA) is 115 Å². The molecular formula is C20H12ClF3N6O3. The number of nitrogens with zero attached hydrogens (tertiary/aromatic N) is 4. The van der Waals surface area contributed by atoms with E-state index in [1.54, 1.807) is 18.2 Å². The second kappa shape index (κ2) is 9.12. The van der Waals surface area contributed by atoms with Crippen LogP contribution in [-0.4, -0.2) is 26.1 Å². The highest BCUT2D eigenvalue weighted by molar-refractivity contribution is 6.31. The largest absolute Gasteiger partial charge is 0.439 e. The Morgan fingerprint density at radius 3 is 2.52 bits per heavy atom. The molecule has 9 nitrogen and oxygen atoms in total. The highest BCUT2D eigenvalue weighted by Gasteiger charge is 2.33. The number of urea groups is 1. The predicted octanol–water partition coefficient (Wildman–Crippen LogP) is 5.64. The molecule has 13 heteroatoms. The molecule has 0 aliphatic rings. The van der Waals surface area contributed by atoms with Gasteiger partial charge in [-0.1, -0.05) is 22.8 Å². The molecule has 0 saturated heterocycles. The molecule has 0 atom stereocenters. The van der Waals surface area contributed by atoms with Crippen molar-refractivity contribution >= 4 is 29.0 Å². The van der Waals surface area contributed by atoms with E-state index >= 15 is 0 Å². The summed E-state index contributed by atoms with van der Waals surface area (Å²) in [4.78, 5) is 24.2. The van der Waals surface area contributed by atoms with Gasteiger partial charge in [-0.2, -0.15) is 18.2 Å². The lowest BCUT2D eigenvalue weighted by molar-refractivity contribution is -0.137. The van der Waals surface area contributed by atoms with Gasteiger partial charge in [-0.25, -0.2) is 14.8 Å². The minimum Gasteiger partial charge on any atom is -0.439 e. The molecule has 0 unspecified atom stereocenters. The maximum atomic E-state index is 13.0. The van der Waals surface area contributed by atoms with Crippen LogP contribution in [0.25, 0.3) is 11.5 Å². The fraction of sp³-hybridized carbons (Fsp3) is 0.0500. The van der Waals surface area contributed by atoms with Crippen LogP contribution < -0.4 is 15.4 Å². The van der Waals surface area contributed by atoms with Crippen LogP contribution in [0.3, 0.4) is 0 Å². The molecule has 33 heavy (non-hydrogen) atoms. The fourth-order valence-electron chi connectivity index (χ4n) is 2.67. The third-order valence-electron chi connectivity index (χ3n) is 4.08. The lowest BCUT2D eigenvalue weighted by Crippen LogP contribution is -2.20. The van der Waals surface area contributed by atoms with E-state index in [2.05, 4.69) is 35.3 Å². The molecule has 168 valence electrons. The molecule has 2 heterocycles. The van der Waals surface area contributed by atoms with Crippen LogP contribution in [0, 0.1) is 0 Å². The zero-order valence-electron chi connectivity index (χ0n) is 16.3. The summed E-state index contributed by atoms with van der Waals surface area (Å²) in [5.41, 5.74) is -0.430. The van der Waals surface area contributed by atoms with Crippen molar-refractivity contribution in [2.75, 3.05) is 10.6 Å². The monoisotopic (exact) mass is 476 g/mol. The summed E-state index contributed by atoms with van der Waals surface area (Å²) in [7, 11) is 0. The molecule has 0 fully saturated rings. The Bertz CT molecular complexity index is 1280. The first-order valence-corrected chi connectivity index (χ1v) is 9.47. The first-order valence-electron chi connectivity index (χ1n) is 9.09. The van der Waals surface area contributed by atoms with E-state index in [1.807, 2.05) is 0 Å². The molecule has 0 radical (unpaired) electrons. The van der Waals surface area contributed by atoms with Crippen LogP contribution in [0.1, 0.15) is 5.56 Å². The van der Waals surface area contributed by atoms with Crippen LogP contribution in [-0.2, 0) is 6.18 Å². The van der Waals surface area contributed by atoms with Crippen molar-refractivity contribution in [2.24, 2.45) is 0 Å². The number of rotatable bonds is 5. The number of ether oxygens (including phenoxy) is 1. The molecule has 0 aliphatic heterocycles. The summed E-state index contributed by atoms with van der Waals surface area (Å²) < 4.78 is 49.3. The van der Waals surface area contributed by atoms with Crippen molar-refractivity contribution < 1.29 is 27.2 Å². The summed E-state index contributed by atoms with van der Waals surface area (Å²) in [6, 6.07) is 10.1. The van der Waals surface area contributed by atoms with Gasteiger partial charge in [0.1, 0.15) is 17.8 Å². The summed E-state index contributed by atoms with van der Waals surface area (Å²) >= 11 is 5.59. The van der Waals surface area contributed by atoms with Gasteiger partial charge < -0.3 is 19.9 Å². The van der Waals surface area contributed by atoms with E-state index in [4.69, 9.17) is 16.3 Å². The van der Waals surface area contributed by atoms with E-state index in [-0.39, 0.29) is 17.4 Å². The third kappa shape index (κ3) is 5.54. The van der Waals surface area contributed by atoms with Crippen molar-refractivity contribution in [3.8, 4) is 23.1 Å². The van der Waals surface area contributed by atoms with Gasteiger partial charge >= 0.3 is 12.2 Å². The van der Waals surface area contributed by atoms with Crippen molar-refractivity contribution in [2.45, 2.75) is 6.18 Å². The summed E-state index contributed by atoms with van der Waals surface area (Å²) in [6.07, 6.45) is -2.23. The van der Waals surface area contributed by atoms with Gasteiger partial charge in [0.25, 0.3) is 0 Å². The quantitative estimate of drug-likeness (QED) is 0.383. The standard InChI is InChI=1S/C20H12ClF3N6O3/c21-15-5-4-12(7-14(15)20(22,23)24)29-19(31)28-11-2-1-3-13(6-11)33-17-8-16(25-9-26-17)18-27-10-32-30-18/h1-10H,(H2,28,29,31). The second-order valence-electron chi connectivity index (χ2n) is 6.40. The van der Waals surface area contributed by atoms with Crippen LogP contribution in [0.2, 0.25) is 5.02 Å². The number of aromatic nitrogens is 4. The van der Waals surface area contributed by atoms with Gasteiger partial charge in [-0.3, -0.25) is 0 Å². The predicted molar refractivity (Wildman–Crippen MR) is 111 cm³/mol. The van der Waals surface area contributed by atoms with Gasteiger partial charge in [-0.05, 0) is 30.3 Å². The molecule has 0 spiro atoms.